The average molecular weight is 531 g/mol. The SMILES string of the molecule is C=CC(O)OC1=CC=C(c2ccc(/C=C/C(=C)OC3=CC=C(CCCCC(O)CC)CC3CCC)cc2)CC1. The number of hydrogen-bond donors (Lipinski definition) is 2. The maximum atomic E-state index is 9.77. The van der Waals surface area contributed by atoms with Gasteiger partial charge < -0.3 is 19.7 Å². The number of rotatable bonds is 16. The van der Waals surface area contributed by atoms with Crippen LogP contribution in [0.25, 0.3) is 11.6 Å². The summed E-state index contributed by atoms with van der Waals surface area (Å²) in [5.41, 5.74) is 5.00. The number of allylic oxidation sites excluding steroid dienone is 9. The van der Waals surface area contributed by atoms with Crippen LogP contribution in [-0.4, -0.2) is 22.6 Å². The minimum atomic E-state index is -0.960. The molecule has 1 aromatic carbocycles. The summed E-state index contributed by atoms with van der Waals surface area (Å²) < 4.78 is 11.6. The van der Waals surface area contributed by atoms with Gasteiger partial charge in [-0.25, -0.2) is 0 Å². The third-order valence-corrected chi connectivity index (χ3v) is 7.36. The lowest BCUT2D eigenvalue weighted by molar-refractivity contribution is -0.0292. The van der Waals surface area contributed by atoms with Gasteiger partial charge in [0.15, 0.2) is 0 Å². The van der Waals surface area contributed by atoms with Crippen LogP contribution < -0.4 is 0 Å². The fourth-order valence-corrected chi connectivity index (χ4v) is 5.00. The number of benzene rings is 1. The van der Waals surface area contributed by atoms with Crippen LogP contribution in [0.5, 0.6) is 0 Å². The van der Waals surface area contributed by atoms with E-state index in [9.17, 15) is 10.2 Å². The molecule has 0 saturated carbocycles. The Hall–Kier alpha value is -3.08. The number of ether oxygens (including phenoxy) is 2. The quantitative estimate of drug-likeness (QED) is 0.0737. The molecule has 3 rings (SSSR count). The van der Waals surface area contributed by atoms with Gasteiger partial charge in [0.2, 0.25) is 6.29 Å². The molecular weight excluding hydrogens is 484 g/mol. The van der Waals surface area contributed by atoms with E-state index in [2.05, 4.69) is 62.6 Å². The van der Waals surface area contributed by atoms with Crippen molar-refractivity contribution in [3.05, 3.63) is 108 Å². The van der Waals surface area contributed by atoms with Crippen molar-refractivity contribution in [2.24, 2.45) is 5.92 Å². The molecule has 0 spiro atoms. The van der Waals surface area contributed by atoms with Crippen molar-refractivity contribution in [1.82, 2.24) is 0 Å². The van der Waals surface area contributed by atoms with Crippen LogP contribution in [0.4, 0.5) is 0 Å². The molecule has 0 radical (unpaired) electrons. The molecule has 2 N–H and O–H groups in total. The van der Waals surface area contributed by atoms with E-state index in [1.54, 1.807) is 0 Å². The van der Waals surface area contributed by atoms with Crippen LogP contribution in [-0.2, 0) is 9.47 Å². The summed E-state index contributed by atoms with van der Waals surface area (Å²) in [6.45, 7) is 11.9. The Labute approximate surface area is 235 Å². The highest BCUT2D eigenvalue weighted by atomic mass is 16.6. The minimum Gasteiger partial charge on any atom is -0.466 e. The third-order valence-electron chi connectivity index (χ3n) is 7.36. The largest absolute Gasteiger partial charge is 0.466 e. The fraction of sp³-hybridized carbons (Fsp3) is 0.429. The second kappa shape index (κ2) is 16.1. The molecule has 4 nitrogen and oxygen atoms in total. The Morgan fingerprint density at radius 2 is 1.85 bits per heavy atom. The summed E-state index contributed by atoms with van der Waals surface area (Å²) in [6, 6.07) is 8.46. The van der Waals surface area contributed by atoms with Crippen molar-refractivity contribution in [2.45, 2.75) is 90.4 Å². The maximum absolute atomic E-state index is 9.77. The lowest BCUT2D eigenvalue weighted by Gasteiger charge is -2.25. The van der Waals surface area contributed by atoms with Crippen LogP contribution in [0.15, 0.2) is 96.7 Å². The molecule has 0 aromatic heterocycles. The van der Waals surface area contributed by atoms with Gasteiger partial charge in [-0.1, -0.05) is 87.9 Å². The fourth-order valence-electron chi connectivity index (χ4n) is 5.00. The summed E-state index contributed by atoms with van der Waals surface area (Å²) in [7, 11) is 0. The molecule has 39 heavy (non-hydrogen) atoms. The highest BCUT2D eigenvalue weighted by molar-refractivity contribution is 5.69. The first-order valence-corrected chi connectivity index (χ1v) is 14.5. The molecule has 0 amide bonds. The smallest absolute Gasteiger partial charge is 0.216 e. The molecule has 0 aliphatic heterocycles. The average Bonchev–Trinajstić information content (AvgIpc) is 2.96. The normalized spacial score (nSPS) is 18.9. The van der Waals surface area contributed by atoms with Gasteiger partial charge in [-0.3, -0.25) is 0 Å². The highest BCUT2D eigenvalue weighted by Gasteiger charge is 2.21. The van der Waals surface area contributed by atoms with Crippen molar-refractivity contribution in [3.8, 4) is 0 Å². The second-order valence-electron chi connectivity index (χ2n) is 10.5. The van der Waals surface area contributed by atoms with Crippen LogP contribution in [0.3, 0.4) is 0 Å². The Morgan fingerprint density at radius 1 is 1.05 bits per heavy atom. The van der Waals surface area contributed by atoms with E-state index in [-0.39, 0.29) is 6.10 Å². The number of aliphatic hydroxyl groups excluding tert-OH is 2. The van der Waals surface area contributed by atoms with Crippen molar-refractivity contribution in [2.75, 3.05) is 0 Å². The third kappa shape index (κ3) is 10.2. The molecule has 3 atom stereocenters. The standard InChI is InChI=1S/C35H46O4/c1-5-10-31-25-28(11-8-9-12-32(36)6-2)17-24-34(31)38-26(4)13-14-27-15-18-29(19-16-27)30-20-22-33(23-21-30)39-35(37)7-3/h7,13-20,22,24,31-32,35-37H,3-6,8-12,21,23,25H2,1-2H3/b14-13+. The van der Waals surface area contributed by atoms with Crippen LogP contribution in [0.1, 0.15) is 89.2 Å². The van der Waals surface area contributed by atoms with Crippen LogP contribution in [0.2, 0.25) is 0 Å². The molecule has 1 aromatic rings. The molecule has 0 fully saturated rings. The lowest BCUT2D eigenvalue weighted by Crippen LogP contribution is -2.12. The van der Waals surface area contributed by atoms with E-state index in [4.69, 9.17) is 9.47 Å². The zero-order valence-corrected chi connectivity index (χ0v) is 23.8. The molecule has 0 saturated heterocycles. The van der Waals surface area contributed by atoms with E-state index >= 15 is 0 Å². The van der Waals surface area contributed by atoms with Crippen LogP contribution in [0, 0.1) is 5.92 Å². The molecular formula is C35H46O4. The van der Waals surface area contributed by atoms with Crippen molar-refractivity contribution in [1.29, 1.82) is 0 Å². The predicted molar refractivity (Wildman–Crippen MR) is 162 cm³/mol. The van der Waals surface area contributed by atoms with Crippen LogP contribution >= 0.6 is 0 Å². The summed E-state index contributed by atoms with van der Waals surface area (Å²) in [5.74, 6) is 2.82. The first-order chi connectivity index (χ1) is 18.9. The first-order valence-electron chi connectivity index (χ1n) is 14.5. The van der Waals surface area contributed by atoms with Gasteiger partial charge in [-0.15, -0.1) is 0 Å². The zero-order valence-electron chi connectivity index (χ0n) is 23.8. The second-order valence-corrected chi connectivity index (χ2v) is 10.5. The van der Waals surface area contributed by atoms with E-state index < -0.39 is 6.29 Å². The Bertz CT molecular complexity index is 1100. The lowest BCUT2D eigenvalue weighted by atomic mass is 9.86. The molecule has 2 aliphatic rings. The summed E-state index contributed by atoms with van der Waals surface area (Å²) in [5, 5.41) is 19.3. The molecule has 0 heterocycles. The number of hydrogen-bond acceptors (Lipinski definition) is 4. The molecule has 2 aliphatic carbocycles. The van der Waals surface area contributed by atoms with E-state index in [1.165, 1.54) is 22.8 Å². The molecule has 0 bridgehead atoms. The topological polar surface area (TPSA) is 58.9 Å². The Kier molecular flexibility index (Phi) is 12.6. The van der Waals surface area contributed by atoms with E-state index in [1.807, 2.05) is 25.2 Å². The summed E-state index contributed by atoms with van der Waals surface area (Å²) >= 11 is 0. The van der Waals surface area contributed by atoms with Gasteiger partial charge in [-0.2, -0.15) is 0 Å². The first kappa shape index (κ1) is 30.5. The van der Waals surface area contributed by atoms with Crippen molar-refractivity contribution >= 4 is 11.6 Å². The Balaban J connectivity index is 1.53. The maximum Gasteiger partial charge on any atom is 0.216 e. The van der Waals surface area contributed by atoms with Crippen molar-refractivity contribution in [3.63, 3.8) is 0 Å². The molecule has 3 unspecified atom stereocenters. The molecule has 210 valence electrons. The summed E-state index contributed by atoms with van der Waals surface area (Å²) in [6.07, 6.45) is 22.5. The van der Waals surface area contributed by atoms with Gasteiger partial charge >= 0.3 is 0 Å². The van der Waals surface area contributed by atoms with E-state index in [0.717, 1.165) is 81.3 Å². The van der Waals surface area contributed by atoms with E-state index in [0.29, 0.717) is 11.7 Å². The monoisotopic (exact) mass is 530 g/mol. The van der Waals surface area contributed by atoms with Crippen molar-refractivity contribution < 1.29 is 19.7 Å². The van der Waals surface area contributed by atoms with Gasteiger partial charge in [0.25, 0.3) is 0 Å². The summed E-state index contributed by atoms with van der Waals surface area (Å²) in [4.78, 5) is 0. The highest BCUT2D eigenvalue weighted by Crippen LogP contribution is 2.33. The number of aliphatic hydroxyl groups is 2. The van der Waals surface area contributed by atoms with Gasteiger partial charge in [0.1, 0.15) is 17.3 Å². The van der Waals surface area contributed by atoms with Gasteiger partial charge in [0.05, 0.1) is 6.10 Å². The zero-order chi connectivity index (χ0) is 28.0. The predicted octanol–water partition coefficient (Wildman–Crippen LogP) is 8.77. The van der Waals surface area contributed by atoms with Gasteiger partial charge in [0, 0.05) is 12.3 Å². The minimum absolute atomic E-state index is 0.158. The Morgan fingerprint density at radius 3 is 2.51 bits per heavy atom. The molecule has 4 heteroatoms. The number of unbranched alkanes of at least 4 members (excludes halogenated alkanes) is 1. The van der Waals surface area contributed by atoms with Gasteiger partial charge in [-0.05, 0) is 85.9 Å².